The molecule has 2 rings (SSSR count). The van der Waals surface area contributed by atoms with E-state index >= 15 is 0 Å². The minimum Gasteiger partial charge on any atom is -0.487 e. The summed E-state index contributed by atoms with van der Waals surface area (Å²) in [5, 5.41) is 0. The van der Waals surface area contributed by atoms with Crippen molar-refractivity contribution < 1.29 is 9.53 Å². The van der Waals surface area contributed by atoms with E-state index < -0.39 is 5.91 Å². The van der Waals surface area contributed by atoms with Crippen LogP contribution < -0.4 is 21.7 Å². The molecule has 5 N–H and O–H groups in total. The van der Waals surface area contributed by atoms with E-state index in [4.69, 9.17) is 16.3 Å². The minimum absolute atomic E-state index is 0.0889. The van der Waals surface area contributed by atoms with Crippen LogP contribution in [0.4, 0.5) is 5.95 Å². The first-order valence-electron chi connectivity index (χ1n) is 6.90. The number of aryl methyl sites for hydroxylation is 2. The first kappa shape index (κ1) is 15.7. The van der Waals surface area contributed by atoms with Crippen molar-refractivity contribution in [2.24, 2.45) is 5.84 Å². The van der Waals surface area contributed by atoms with Gasteiger partial charge in [0.15, 0.2) is 0 Å². The molecule has 1 amide bonds. The average Bonchev–Trinajstić information content (AvgIpc) is 2.52. The highest BCUT2D eigenvalue weighted by Gasteiger charge is 2.17. The Morgan fingerprint density at radius 2 is 1.95 bits per heavy atom. The third kappa shape index (κ3) is 3.50. The topological polar surface area (TPSA) is 116 Å². The average molecular weight is 301 g/mol. The van der Waals surface area contributed by atoms with E-state index in [1.807, 2.05) is 24.3 Å². The summed E-state index contributed by atoms with van der Waals surface area (Å²) in [6.45, 7) is 3.85. The molecule has 0 radical (unpaired) electrons. The van der Waals surface area contributed by atoms with Crippen molar-refractivity contribution in [1.82, 2.24) is 15.4 Å². The Morgan fingerprint density at radius 1 is 1.27 bits per heavy atom. The molecule has 0 bridgehead atoms. The van der Waals surface area contributed by atoms with E-state index in [1.165, 1.54) is 5.56 Å². The van der Waals surface area contributed by atoms with Gasteiger partial charge in [0.1, 0.15) is 12.4 Å². The third-order valence-corrected chi connectivity index (χ3v) is 3.25. The summed E-state index contributed by atoms with van der Waals surface area (Å²) in [6.07, 6.45) is 0.961. The van der Waals surface area contributed by atoms with Crippen molar-refractivity contribution in [1.29, 1.82) is 0 Å². The maximum atomic E-state index is 11.8. The number of aromatic nitrogens is 2. The van der Waals surface area contributed by atoms with Gasteiger partial charge in [-0.3, -0.25) is 10.2 Å². The van der Waals surface area contributed by atoms with Crippen molar-refractivity contribution in [2.75, 3.05) is 5.73 Å². The van der Waals surface area contributed by atoms with Crippen molar-refractivity contribution in [3.8, 4) is 5.75 Å². The number of nitrogens with one attached hydrogen (secondary N) is 1. The van der Waals surface area contributed by atoms with Crippen LogP contribution in [0.15, 0.2) is 24.3 Å². The molecule has 0 saturated heterocycles. The Hall–Kier alpha value is -2.67. The summed E-state index contributed by atoms with van der Waals surface area (Å²) < 4.78 is 5.67. The zero-order valence-electron chi connectivity index (χ0n) is 12.6. The molecule has 7 nitrogen and oxygen atoms in total. The van der Waals surface area contributed by atoms with E-state index in [0.29, 0.717) is 17.1 Å². The number of nitrogens with two attached hydrogens (primary N) is 2. The third-order valence-electron chi connectivity index (χ3n) is 3.25. The Labute approximate surface area is 128 Å². The number of rotatable bonds is 5. The second kappa shape index (κ2) is 6.86. The molecule has 1 aromatic carbocycles. The first-order chi connectivity index (χ1) is 10.5. The molecule has 0 unspecified atom stereocenters. The number of hydrazine groups is 1. The molecule has 0 aliphatic heterocycles. The molecule has 116 valence electrons. The normalized spacial score (nSPS) is 10.3. The van der Waals surface area contributed by atoms with E-state index in [1.54, 1.807) is 6.92 Å². The highest BCUT2D eigenvalue weighted by molar-refractivity contribution is 5.95. The standard InChI is InChI=1S/C15H19N5O2/c1-3-10-4-6-11(7-5-10)22-8-12-13(14(21)20-17)9(2)18-15(16)19-12/h4-7H,3,8,17H2,1-2H3,(H,20,21)(H2,16,18,19). The summed E-state index contributed by atoms with van der Waals surface area (Å²) in [6, 6.07) is 7.72. The molecule has 0 atom stereocenters. The van der Waals surface area contributed by atoms with Gasteiger partial charge in [0.05, 0.1) is 17.0 Å². The van der Waals surface area contributed by atoms with Crippen LogP contribution >= 0.6 is 0 Å². The van der Waals surface area contributed by atoms with E-state index in [2.05, 4.69) is 22.3 Å². The predicted octanol–water partition coefficient (Wildman–Crippen LogP) is 1.11. The summed E-state index contributed by atoms with van der Waals surface area (Å²) in [5.74, 6) is 5.49. The number of benzene rings is 1. The van der Waals surface area contributed by atoms with E-state index in [9.17, 15) is 4.79 Å². The van der Waals surface area contributed by atoms with Crippen LogP contribution in [0, 0.1) is 6.92 Å². The zero-order valence-corrected chi connectivity index (χ0v) is 12.6. The van der Waals surface area contributed by atoms with Crippen LogP contribution in [0.2, 0.25) is 0 Å². The van der Waals surface area contributed by atoms with Gasteiger partial charge >= 0.3 is 0 Å². The molecule has 0 spiro atoms. The molecule has 1 aromatic heterocycles. The zero-order chi connectivity index (χ0) is 16.1. The maximum absolute atomic E-state index is 11.8. The largest absolute Gasteiger partial charge is 0.487 e. The fourth-order valence-electron chi connectivity index (χ4n) is 2.10. The van der Waals surface area contributed by atoms with Gasteiger partial charge in [-0.05, 0) is 31.0 Å². The van der Waals surface area contributed by atoms with Gasteiger partial charge < -0.3 is 10.5 Å². The molecule has 0 aliphatic rings. The number of carbonyl (C=O) groups excluding carboxylic acids is 1. The number of hydrogen-bond acceptors (Lipinski definition) is 6. The quantitative estimate of drug-likeness (QED) is 0.433. The van der Waals surface area contributed by atoms with Gasteiger partial charge in [-0.25, -0.2) is 15.8 Å². The Morgan fingerprint density at radius 3 is 2.55 bits per heavy atom. The van der Waals surface area contributed by atoms with Gasteiger partial charge in [0.2, 0.25) is 5.95 Å². The molecule has 22 heavy (non-hydrogen) atoms. The van der Waals surface area contributed by atoms with E-state index in [-0.39, 0.29) is 18.1 Å². The Bertz CT molecular complexity index is 670. The van der Waals surface area contributed by atoms with Crippen LogP contribution in [0.3, 0.4) is 0 Å². The summed E-state index contributed by atoms with van der Waals surface area (Å²) >= 11 is 0. The van der Waals surface area contributed by atoms with Gasteiger partial charge in [-0.2, -0.15) is 0 Å². The lowest BCUT2D eigenvalue weighted by atomic mass is 10.1. The fraction of sp³-hybridized carbons (Fsp3) is 0.267. The van der Waals surface area contributed by atoms with Crippen molar-refractivity contribution >= 4 is 11.9 Å². The van der Waals surface area contributed by atoms with Crippen molar-refractivity contribution in [2.45, 2.75) is 26.9 Å². The van der Waals surface area contributed by atoms with Gasteiger partial charge in [0.25, 0.3) is 5.91 Å². The maximum Gasteiger partial charge on any atom is 0.269 e. The second-order valence-electron chi connectivity index (χ2n) is 4.75. The van der Waals surface area contributed by atoms with Crippen LogP contribution in [0.5, 0.6) is 5.75 Å². The van der Waals surface area contributed by atoms with Crippen molar-refractivity contribution in [3.63, 3.8) is 0 Å². The van der Waals surface area contributed by atoms with Crippen molar-refractivity contribution in [3.05, 3.63) is 46.8 Å². The van der Waals surface area contributed by atoms with Gasteiger partial charge in [-0.1, -0.05) is 19.1 Å². The molecular weight excluding hydrogens is 282 g/mol. The number of anilines is 1. The smallest absolute Gasteiger partial charge is 0.269 e. The van der Waals surface area contributed by atoms with Crippen LogP contribution in [-0.4, -0.2) is 15.9 Å². The lowest BCUT2D eigenvalue weighted by Crippen LogP contribution is -2.32. The summed E-state index contributed by atoms with van der Waals surface area (Å²) in [7, 11) is 0. The highest BCUT2D eigenvalue weighted by atomic mass is 16.5. The number of carbonyl (C=O) groups is 1. The van der Waals surface area contributed by atoms with E-state index in [0.717, 1.165) is 6.42 Å². The number of ether oxygens (including phenoxy) is 1. The van der Waals surface area contributed by atoms with Crippen LogP contribution in [0.25, 0.3) is 0 Å². The molecular formula is C15H19N5O2. The summed E-state index contributed by atoms with van der Waals surface area (Å²) in [4.78, 5) is 19.9. The Kier molecular flexibility index (Phi) is 4.90. The number of hydrogen-bond donors (Lipinski definition) is 3. The lowest BCUT2D eigenvalue weighted by molar-refractivity contribution is 0.0949. The molecule has 0 saturated carbocycles. The second-order valence-corrected chi connectivity index (χ2v) is 4.75. The molecule has 0 aliphatic carbocycles. The molecule has 7 heteroatoms. The SMILES string of the molecule is CCc1ccc(OCc2nc(N)nc(C)c2C(=O)NN)cc1. The Balaban J connectivity index is 2.22. The lowest BCUT2D eigenvalue weighted by Gasteiger charge is -2.12. The monoisotopic (exact) mass is 301 g/mol. The molecule has 1 heterocycles. The van der Waals surface area contributed by atoms with Crippen LogP contribution in [0.1, 0.15) is 34.2 Å². The first-order valence-corrected chi connectivity index (χ1v) is 6.90. The number of amides is 1. The highest BCUT2D eigenvalue weighted by Crippen LogP contribution is 2.17. The molecule has 2 aromatic rings. The predicted molar refractivity (Wildman–Crippen MR) is 83.0 cm³/mol. The molecule has 0 fully saturated rings. The number of nitrogens with zero attached hydrogens (tertiary/aromatic N) is 2. The summed E-state index contributed by atoms with van der Waals surface area (Å²) in [5.41, 5.74) is 10.1. The minimum atomic E-state index is -0.475. The van der Waals surface area contributed by atoms with Crippen LogP contribution in [-0.2, 0) is 13.0 Å². The number of nitrogen functional groups attached to an aromatic ring is 2. The fourth-order valence-corrected chi connectivity index (χ4v) is 2.10. The van der Waals surface area contributed by atoms with Gasteiger partial charge in [0, 0.05) is 0 Å². The van der Waals surface area contributed by atoms with Gasteiger partial charge in [-0.15, -0.1) is 0 Å².